The zero-order valence-electron chi connectivity index (χ0n) is 37.8. The van der Waals surface area contributed by atoms with Gasteiger partial charge in [0.2, 0.25) is 17.7 Å². The molecule has 9 rings (SSSR count). The monoisotopic (exact) mass is 903 g/mol. The van der Waals surface area contributed by atoms with E-state index in [9.17, 15) is 28.8 Å². The Balaban J connectivity index is 0.694. The number of likely N-dealkylation sites (tertiary alicyclic amines) is 1. The fourth-order valence-corrected chi connectivity index (χ4v) is 10.8. The molecule has 66 heavy (non-hydrogen) atoms. The van der Waals surface area contributed by atoms with Crippen molar-refractivity contribution in [3.63, 3.8) is 0 Å². The van der Waals surface area contributed by atoms with Crippen molar-refractivity contribution < 1.29 is 33.5 Å². The number of amides is 7. The highest BCUT2D eigenvalue weighted by Gasteiger charge is 2.41. The molecule has 7 amide bonds. The molecular formula is C48H61N11O7. The van der Waals surface area contributed by atoms with Crippen LogP contribution in [0.5, 0.6) is 0 Å². The van der Waals surface area contributed by atoms with Crippen LogP contribution in [0, 0.1) is 5.41 Å². The van der Waals surface area contributed by atoms with E-state index in [0.29, 0.717) is 62.9 Å². The molecule has 1 aromatic heterocycles. The first kappa shape index (κ1) is 44.9. The normalized spacial score (nSPS) is 22.0. The molecule has 6 aliphatic heterocycles. The van der Waals surface area contributed by atoms with Gasteiger partial charge in [-0.1, -0.05) is 12.1 Å². The SMILES string of the molecule is CN1CCN(C2CCCN(c3cnc(C(N)=O)c(Nc4ccc(N5CCC6(CCN(C(=O)CCOCCCc7cccc8c7CN(C7CCC(=O)NC7=O)C8=O)CC6)CC5)cc4)n3)C2)C1=O. The number of ether oxygens (including phenoxy) is 1. The highest BCUT2D eigenvalue weighted by Crippen LogP contribution is 2.42. The molecule has 0 bridgehead atoms. The van der Waals surface area contributed by atoms with Crippen LogP contribution in [-0.4, -0.2) is 150 Å². The third-order valence-corrected chi connectivity index (χ3v) is 14.8. The standard InChI is InChI=1S/C48H61N11O7/c1-54-25-26-58(47(54)65)35-7-3-20-57(30-35)39-29-50-42(43(49)62)44(52-39)51-33-9-11-34(12-10-33)55-21-16-48(17-22-55)18-23-56(24-19-48)41(61)15-28-66-27-4-6-32-5-2-8-36-37(32)31-59(46(36)64)38-13-14-40(60)53-45(38)63/h2,5,8-12,29,35,38H,3-4,6-7,13-28,30-31H2,1H3,(H2,49,62)(H,51,52)(H,53,60,63). The van der Waals surface area contributed by atoms with Crippen molar-refractivity contribution in [3.8, 4) is 0 Å². The van der Waals surface area contributed by atoms with Gasteiger partial charge >= 0.3 is 6.03 Å². The number of nitrogens with one attached hydrogen (secondary N) is 2. The van der Waals surface area contributed by atoms with Gasteiger partial charge in [-0.15, -0.1) is 0 Å². The number of fused-ring (bicyclic) bond motifs is 1. The van der Waals surface area contributed by atoms with Crippen molar-refractivity contribution in [2.75, 3.05) is 87.7 Å². The Kier molecular flexibility index (Phi) is 13.1. The number of hydrogen-bond acceptors (Lipinski definition) is 12. The first-order valence-corrected chi connectivity index (χ1v) is 23.6. The quantitative estimate of drug-likeness (QED) is 0.157. The molecular weight excluding hydrogens is 843 g/mol. The molecule has 2 unspecified atom stereocenters. The second-order valence-electron chi connectivity index (χ2n) is 18.8. The highest BCUT2D eigenvalue weighted by atomic mass is 16.5. The molecule has 2 aromatic carbocycles. The van der Waals surface area contributed by atoms with E-state index >= 15 is 0 Å². The van der Waals surface area contributed by atoms with E-state index in [1.807, 2.05) is 41.1 Å². The molecule has 0 aliphatic carbocycles. The molecule has 2 atom stereocenters. The minimum Gasteiger partial charge on any atom is -0.381 e. The Morgan fingerprint density at radius 2 is 1.67 bits per heavy atom. The maximum absolute atomic E-state index is 13.2. The van der Waals surface area contributed by atoms with Gasteiger partial charge in [-0.2, -0.15) is 0 Å². The number of likely N-dealkylation sites (N-methyl/N-ethyl adjacent to an activating group) is 1. The van der Waals surface area contributed by atoms with E-state index < -0.39 is 17.9 Å². The Bertz CT molecular complexity index is 2340. The fourth-order valence-electron chi connectivity index (χ4n) is 10.8. The van der Waals surface area contributed by atoms with Crippen LogP contribution in [0.4, 0.5) is 27.8 Å². The van der Waals surface area contributed by atoms with E-state index in [2.05, 4.69) is 37.6 Å². The van der Waals surface area contributed by atoms with Crippen molar-refractivity contribution in [1.82, 2.24) is 34.9 Å². The number of aromatic nitrogens is 2. The summed E-state index contributed by atoms with van der Waals surface area (Å²) in [5, 5.41) is 5.65. The summed E-state index contributed by atoms with van der Waals surface area (Å²) in [5.41, 5.74) is 10.5. The van der Waals surface area contributed by atoms with Gasteiger partial charge in [0, 0.05) is 95.9 Å². The average Bonchev–Trinajstić information content (AvgIpc) is 3.85. The lowest BCUT2D eigenvalue weighted by Gasteiger charge is -2.47. The Labute approximate surface area is 385 Å². The third kappa shape index (κ3) is 9.50. The second kappa shape index (κ2) is 19.3. The zero-order valence-corrected chi connectivity index (χ0v) is 37.8. The van der Waals surface area contributed by atoms with Crippen LogP contribution < -0.4 is 26.2 Å². The molecule has 5 saturated heterocycles. The Hall–Kier alpha value is -6.30. The molecule has 6 aliphatic rings. The van der Waals surface area contributed by atoms with Crippen LogP contribution >= 0.6 is 0 Å². The first-order chi connectivity index (χ1) is 31.9. The second-order valence-corrected chi connectivity index (χ2v) is 18.8. The highest BCUT2D eigenvalue weighted by molar-refractivity contribution is 6.05. The van der Waals surface area contributed by atoms with Gasteiger partial charge in [0.15, 0.2) is 11.5 Å². The van der Waals surface area contributed by atoms with Crippen molar-refractivity contribution in [3.05, 3.63) is 71.0 Å². The predicted octanol–water partition coefficient (Wildman–Crippen LogP) is 3.66. The van der Waals surface area contributed by atoms with E-state index in [0.717, 1.165) is 113 Å². The maximum atomic E-state index is 13.2. The van der Waals surface area contributed by atoms with E-state index in [1.165, 1.54) is 0 Å². The lowest BCUT2D eigenvalue weighted by molar-refractivity contribution is -0.137. The number of aryl methyl sites for hydroxylation is 1. The van der Waals surface area contributed by atoms with E-state index in [1.54, 1.807) is 22.1 Å². The summed E-state index contributed by atoms with van der Waals surface area (Å²) in [6, 6.07) is 13.3. The van der Waals surface area contributed by atoms with Crippen molar-refractivity contribution in [2.45, 2.75) is 89.3 Å². The topological polar surface area (TPSA) is 207 Å². The molecule has 350 valence electrons. The number of primary amides is 1. The number of rotatable bonds is 14. The molecule has 3 aromatic rings. The molecule has 0 radical (unpaired) electrons. The average molecular weight is 904 g/mol. The van der Waals surface area contributed by atoms with Crippen molar-refractivity contribution in [1.29, 1.82) is 0 Å². The summed E-state index contributed by atoms with van der Waals surface area (Å²) < 4.78 is 5.91. The van der Waals surface area contributed by atoms with Crippen LogP contribution in [0.1, 0.15) is 96.2 Å². The van der Waals surface area contributed by atoms with Gasteiger partial charge in [0.1, 0.15) is 11.9 Å². The van der Waals surface area contributed by atoms with Crippen LogP contribution in [0.15, 0.2) is 48.7 Å². The Morgan fingerprint density at radius 1 is 0.894 bits per heavy atom. The molecule has 18 heteroatoms. The van der Waals surface area contributed by atoms with E-state index in [4.69, 9.17) is 15.5 Å². The summed E-state index contributed by atoms with van der Waals surface area (Å²) in [5.74, 6) is -0.481. The number of nitrogens with zero attached hydrogens (tertiary/aromatic N) is 8. The van der Waals surface area contributed by atoms with E-state index in [-0.39, 0.29) is 47.3 Å². The third-order valence-electron chi connectivity index (χ3n) is 14.8. The van der Waals surface area contributed by atoms with Gasteiger partial charge in [0.25, 0.3) is 11.8 Å². The summed E-state index contributed by atoms with van der Waals surface area (Å²) in [6.07, 6.45) is 9.93. The number of imide groups is 1. The van der Waals surface area contributed by atoms with Crippen molar-refractivity contribution >= 4 is 58.6 Å². The smallest absolute Gasteiger partial charge is 0.320 e. The first-order valence-electron chi connectivity index (χ1n) is 23.6. The number of benzene rings is 2. The summed E-state index contributed by atoms with van der Waals surface area (Å²) in [6.45, 7) is 7.48. The molecule has 0 saturated carbocycles. The molecule has 5 fully saturated rings. The molecule has 1 spiro atoms. The van der Waals surface area contributed by atoms with Crippen LogP contribution in [0.3, 0.4) is 0 Å². The van der Waals surface area contributed by atoms with Crippen LogP contribution in [0.25, 0.3) is 0 Å². The number of hydrogen-bond donors (Lipinski definition) is 3. The lowest BCUT2D eigenvalue weighted by atomic mass is 9.71. The molecule has 4 N–H and O–H groups in total. The summed E-state index contributed by atoms with van der Waals surface area (Å²) in [4.78, 5) is 96.6. The Morgan fingerprint density at radius 3 is 2.39 bits per heavy atom. The van der Waals surface area contributed by atoms with Gasteiger partial charge in [-0.05, 0) is 105 Å². The minimum absolute atomic E-state index is 0.0594. The number of urea groups is 1. The van der Waals surface area contributed by atoms with Crippen LogP contribution in [-0.2, 0) is 32.1 Å². The largest absolute Gasteiger partial charge is 0.381 e. The van der Waals surface area contributed by atoms with Crippen molar-refractivity contribution in [2.24, 2.45) is 11.1 Å². The number of carbonyl (C=O) groups is 6. The van der Waals surface area contributed by atoms with Gasteiger partial charge in [-0.25, -0.2) is 14.8 Å². The van der Waals surface area contributed by atoms with Gasteiger partial charge in [0.05, 0.1) is 25.3 Å². The maximum Gasteiger partial charge on any atom is 0.320 e. The van der Waals surface area contributed by atoms with Gasteiger partial charge < -0.3 is 45.2 Å². The number of carbonyl (C=O) groups excluding carboxylic acids is 6. The molecule has 7 heterocycles. The number of nitrogens with two attached hydrogens (primary N) is 1. The summed E-state index contributed by atoms with van der Waals surface area (Å²) in [7, 11) is 1.83. The number of anilines is 4. The van der Waals surface area contributed by atoms with Gasteiger partial charge in [-0.3, -0.25) is 29.3 Å². The predicted molar refractivity (Wildman–Crippen MR) is 246 cm³/mol. The lowest BCUT2D eigenvalue weighted by Crippen LogP contribution is -2.52. The number of piperidine rings is 4. The summed E-state index contributed by atoms with van der Waals surface area (Å²) >= 11 is 0. The molecule has 18 nitrogen and oxygen atoms in total. The minimum atomic E-state index is -0.665. The van der Waals surface area contributed by atoms with Crippen LogP contribution in [0.2, 0.25) is 0 Å². The fraction of sp³-hybridized carbons (Fsp3) is 0.542. The zero-order chi connectivity index (χ0) is 46.0.